The van der Waals surface area contributed by atoms with E-state index in [0.717, 1.165) is 6.07 Å². The Bertz CT molecular complexity index is 321. The largest absolute Gasteiger partial charge is 0.389 e. The van der Waals surface area contributed by atoms with Gasteiger partial charge in [-0.05, 0) is 18.2 Å². The van der Waals surface area contributed by atoms with Gasteiger partial charge in [-0.15, -0.1) is 0 Å². The summed E-state index contributed by atoms with van der Waals surface area (Å²) in [6.07, 6.45) is -5.42. The molecule has 1 nitrogen and oxygen atoms in total. The van der Waals surface area contributed by atoms with E-state index in [1.807, 2.05) is 0 Å². The molecular formula is C10H11F4N. The van der Waals surface area contributed by atoms with Crippen molar-refractivity contribution in [2.24, 2.45) is 5.73 Å². The van der Waals surface area contributed by atoms with Crippen LogP contribution in [0.4, 0.5) is 17.6 Å². The summed E-state index contributed by atoms with van der Waals surface area (Å²) in [6, 6.07) is 5.39. The fourth-order valence-electron chi connectivity index (χ4n) is 1.41. The molecule has 0 spiro atoms. The number of nitrogens with two attached hydrogens (primary N) is 1. The Kier molecular flexibility index (Phi) is 3.68. The van der Waals surface area contributed by atoms with E-state index in [4.69, 9.17) is 5.73 Å². The quantitative estimate of drug-likeness (QED) is 0.780. The van der Waals surface area contributed by atoms with Crippen LogP contribution in [0, 0.1) is 5.82 Å². The van der Waals surface area contributed by atoms with Crippen LogP contribution in [0.3, 0.4) is 0 Å². The van der Waals surface area contributed by atoms with E-state index in [2.05, 4.69) is 0 Å². The summed E-state index contributed by atoms with van der Waals surface area (Å²) in [5.74, 6) is -1.65. The average molecular weight is 221 g/mol. The van der Waals surface area contributed by atoms with Gasteiger partial charge in [0.1, 0.15) is 5.82 Å². The molecule has 15 heavy (non-hydrogen) atoms. The predicted molar refractivity (Wildman–Crippen MR) is 48.9 cm³/mol. The fraction of sp³-hybridized carbons (Fsp3) is 0.400. The zero-order chi connectivity index (χ0) is 11.5. The highest BCUT2D eigenvalue weighted by atomic mass is 19.4. The van der Waals surface area contributed by atoms with Crippen molar-refractivity contribution in [2.75, 3.05) is 6.54 Å². The number of hydrogen-bond donors (Lipinski definition) is 1. The molecule has 1 aromatic rings. The smallest absolute Gasteiger partial charge is 0.330 e. The monoisotopic (exact) mass is 221 g/mol. The predicted octanol–water partition coefficient (Wildman–Crippen LogP) is 2.82. The lowest BCUT2D eigenvalue weighted by Gasteiger charge is -2.17. The first-order valence-corrected chi connectivity index (χ1v) is 4.45. The van der Waals surface area contributed by atoms with Crippen molar-refractivity contribution in [3.63, 3.8) is 0 Å². The molecule has 0 saturated heterocycles. The van der Waals surface area contributed by atoms with Crippen LogP contribution in [0.1, 0.15) is 17.9 Å². The van der Waals surface area contributed by atoms with Crippen molar-refractivity contribution in [3.8, 4) is 0 Å². The minimum Gasteiger partial charge on any atom is -0.330 e. The topological polar surface area (TPSA) is 26.0 Å². The Labute approximate surface area is 84.9 Å². The lowest BCUT2D eigenvalue weighted by Crippen LogP contribution is -2.21. The van der Waals surface area contributed by atoms with Gasteiger partial charge in [-0.3, -0.25) is 0 Å². The maximum Gasteiger partial charge on any atom is 0.389 e. The minimum absolute atomic E-state index is 0.0253. The van der Waals surface area contributed by atoms with Crippen LogP contribution in [0.5, 0.6) is 0 Å². The van der Waals surface area contributed by atoms with Crippen molar-refractivity contribution >= 4 is 0 Å². The van der Waals surface area contributed by atoms with Crippen LogP contribution in [0.2, 0.25) is 0 Å². The van der Waals surface area contributed by atoms with Crippen LogP contribution in [0.15, 0.2) is 24.3 Å². The molecule has 1 atom stereocenters. The molecular weight excluding hydrogens is 210 g/mol. The van der Waals surface area contributed by atoms with Crippen LogP contribution >= 0.6 is 0 Å². The lowest BCUT2D eigenvalue weighted by atomic mass is 9.95. The van der Waals surface area contributed by atoms with Crippen molar-refractivity contribution in [1.82, 2.24) is 0 Å². The van der Waals surface area contributed by atoms with E-state index < -0.39 is 24.3 Å². The second-order valence-corrected chi connectivity index (χ2v) is 3.27. The molecule has 0 amide bonds. The third kappa shape index (κ3) is 3.51. The van der Waals surface area contributed by atoms with Gasteiger partial charge in [-0.25, -0.2) is 4.39 Å². The first-order valence-electron chi connectivity index (χ1n) is 4.45. The van der Waals surface area contributed by atoms with Crippen molar-refractivity contribution in [3.05, 3.63) is 35.6 Å². The van der Waals surface area contributed by atoms with E-state index >= 15 is 0 Å². The second-order valence-electron chi connectivity index (χ2n) is 3.27. The Morgan fingerprint density at radius 2 is 1.80 bits per heavy atom. The molecule has 0 aromatic heterocycles. The van der Waals surface area contributed by atoms with E-state index in [0.29, 0.717) is 0 Å². The summed E-state index contributed by atoms with van der Waals surface area (Å²) in [7, 11) is 0. The molecule has 0 aliphatic rings. The molecule has 2 N–H and O–H groups in total. The van der Waals surface area contributed by atoms with Crippen molar-refractivity contribution in [1.29, 1.82) is 0 Å². The van der Waals surface area contributed by atoms with E-state index in [1.54, 1.807) is 0 Å². The Hall–Kier alpha value is -1.10. The van der Waals surface area contributed by atoms with Gasteiger partial charge in [0.15, 0.2) is 0 Å². The van der Waals surface area contributed by atoms with Gasteiger partial charge in [0, 0.05) is 5.92 Å². The van der Waals surface area contributed by atoms with Gasteiger partial charge in [-0.2, -0.15) is 13.2 Å². The molecule has 0 heterocycles. The average Bonchev–Trinajstić information content (AvgIpc) is 2.14. The lowest BCUT2D eigenvalue weighted by molar-refractivity contribution is -0.138. The first-order chi connectivity index (χ1) is 6.94. The summed E-state index contributed by atoms with van der Waals surface area (Å²) >= 11 is 0. The molecule has 0 aliphatic carbocycles. The number of hydrogen-bond acceptors (Lipinski definition) is 1. The van der Waals surface area contributed by atoms with Gasteiger partial charge in [0.25, 0.3) is 0 Å². The Balaban J connectivity index is 2.88. The highest BCUT2D eigenvalue weighted by Crippen LogP contribution is 2.31. The second kappa shape index (κ2) is 4.61. The summed E-state index contributed by atoms with van der Waals surface area (Å²) in [6.45, 7) is -0.222. The molecule has 1 rings (SSSR count). The van der Waals surface area contributed by atoms with Gasteiger partial charge in [0.05, 0.1) is 6.42 Å². The van der Waals surface area contributed by atoms with Crippen LogP contribution in [0.25, 0.3) is 0 Å². The zero-order valence-electron chi connectivity index (χ0n) is 7.89. The molecule has 1 unspecified atom stereocenters. The van der Waals surface area contributed by atoms with Crippen molar-refractivity contribution < 1.29 is 17.6 Å². The van der Waals surface area contributed by atoms with E-state index in [1.165, 1.54) is 18.2 Å². The molecule has 0 aliphatic heterocycles. The maximum atomic E-state index is 13.2. The third-order valence-electron chi connectivity index (χ3n) is 2.11. The number of rotatable bonds is 3. The van der Waals surface area contributed by atoms with Gasteiger partial charge < -0.3 is 5.73 Å². The summed E-state index contributed by atoms with van der Waals surface area (Å²) in [4.78, 5) is 0. The third-order valence-corrected chi connectivity index (χ3v) is 2.11. The molecule has 84 valence electrons. The first kappa shape index (κ1) is 12.0. The Morgan fingerprint density at radius 3 is 2.27 bits per heavy atom. The molecule has 5 heteroatoms. The molecule has 0 saturated carbocycles. The number of halogens is 4. The SMILES string of the molecule is NCC(CC(F)(F)F)c1ccccc1F. The molecule has 0 bridgehead atoms. The van der Waals surface area contributed by atoms with E-state index in [-0.39, 0.29) is 12.1 Å². The summed E-state index contributed by atoms with van der Waals surface area (Å²) < 4.78 is 49.6. The van der Waals surface area contributed by atoms with Crippen LogP contribution in [-0.2, 0) is 0 Å². The number of alkyl halides is 3. The van der Waals surface area contributed by atoms with Gasteiger partial charge in [-0.1, -0.05) is 18.2 Å². The van der Waals surface area contributed by atoms with Gasteiger partial charge in [0.2, 0.25) is 0 Å². The molecule has 1 aromatic carbocycles. The van der Waals surface area contributed by atoms with E-state index in [9.17, 15) is 17.6 Å². The fourth-order valence-corrected chi connectivity index (χ4v) is 1.41. The zero-order valence-corrected chi connectivity index (χ0v) is 7.89. The van der Waals surface area contributed by atoms with Crippen LogP contribution < -0.4 is 5.73 Å². The highest BCUT2D eigenvalue weighted by molar-refractivity contribution is 5.22. The highest BCUT2D eigenvalue weighted by Gasteiger charge is 2.32. The molecule has 0 radical (unpaired) electrons. The standard InChI is InChI=1S/C10H11F4N/c11-9-4-2-1-3-8(9)7(6-15)5-10(12,13)14/h1-4,7H,5-6,15H2. The minimum atomic E-state index is -4.33. The van der Waals surface area contributed by atoms with Crippen LogP contribution in [-0.4, -0.2) is 12.7 Å². The molecule has 0 fully saturated rings. The number of benzene rings is 1. The summed E-state index contributed by atoms with van der Waals surface area (Å²) in [5.41, 5.74) is 5.24. The normalized spacial score (nSPS) is 13.9. The maximum absolute atomic E-state index is 13.2. The summed E-state index contributed by atoms with van der Waals surface area (Å²) in [5, 5.41) is 0. The Morgan fingerprint density at radius 1 is 1.20 bits per heavy atom. The van der Waals surface area contributed by atoms with Gasteiger partial charge >= 0.3 is 6.18 Å². The van der Waals surface area contributed by atoms with Crippen molar-refractivity contribution in [2.45, 2.75) is 18.5 Å².